The van der Waals surface area contributed by atoms with Gasteiger partial charge in [0.25, 0.3) is 5.91 Å². The summed E-state index contributed by atoms with van der Waals surface area (Å²) in [6.45, 7) is 5.54. The van der Waals surface area contributed by atoms with E-state index in [2.05, 4.69) is 17.1 Å². The van der Waals surface area contributed by atoms with Crippen LogP contribution in [0.3, 0.4) is 0 Å². The highest BCUT2D eigenvalue weighted by Gasteiger charge is 2.29. The van der Waals surface area contributed by atoms with E-state index in [1.807, 2.05) is 0 Å². The number of rotatable bonds is 4. The topological polar surface area (TPSA) is 84.7 Å². The summed E-state index contributed by atoms with van der Waals surface area (Å²) in [6, 6.07) is 0. The molecule has 1 aromatic heterocycles. The van der Waals surface area contributed by atoms with E-state index in [9.17, 15) is 9.59 Å². The van der Waals surface area contributed by atoms with Crippen molar-refractivity contribution in [3.05, 3.63) is 10.4 Å². The maximum atomic E-state index is 12.1. The monoisotopic (exact) mass is 311 g/mol. The molecule has 2 heterocycles. The van der Waals surface area contributed by atoms with E-state index in [4.69, 9.17) is 10.5 Å². The predicted molar refractivity (Wildman–Crippen MR) is 84.4 cm³/mol. The van der Waals surface area contributed by atoms with Crippen molar-refractivity contribution in [1.82, 2.24) is 5.32 Å². The number of carbonyl (C=O) groups excluding carboxylic acids is 2. The predicted octanol–water partition coefficient (Wildman–Crippen LogP) is 1.51. The Labute approximate surface area is 128 Å². The number of morpholine rings is 1. The van der Waals surface area contributed by atoms with E-state index >= 15 is 0 Å². The number of nitrogen functional groups attached to an aromatic ring is 1. The van der Waals surface area contributed by atoms with Crippen molar-refractivity contribution in [3.63, 3.8) is 0 Å². The second-order valence-corrected chi connectivity index (χ2v) is 6.01. The number of thiophene rings is 1. The zero-order chi connectivity index (χ0) is 15.6. The number of anilines is 2. The molecule has 116 valence electrons. The Hall–Kier alpha value is -1.60. The second kappa shape index (κ2) is 6.44. The Morgan fingerprint density at radius 1 is 1.52 bits per heavy atom. The molecule has 1 amide bonds. The van der Waals surface area contributed by atoms with Gasteiger partial charge in [-0.1, -0.05) is 6.92 Å². The molecule has 1 atom stereocenters. The van der Waals surface area contributed by atoms with Gasteiger partial charge < -0.3 is 20.7 Å². The highest BCUT2D eigenvalue weighted by molar-refractivity contribution is 7.19. The van der Waals surface area contributed by atoms with Crippen molar-refractivity contribution in [2.24, 2.45) is 0 Å². The summed E-state index contributed by atoms with van der Waals surface area (Å²) in [6.07, 6.45) is 1.05. The average Bonchev–Trinajstić information content (AvgIpc) is 2.84. The van der Waals surface area contributed by atoms with Crippen LogP contribution in [0.4, 0.5) is 10.7 Å². The van der Waals surface area contributed by atoms with Gasteiger partial charge in [-0.2, -0.15) is 0 Å². The van der Waals surface area contributed by atoms with Gasteiger partial charge in [0, 0.05) is 27.1 Å². The minimum absolute atomic E-state index is 0.116. The van der Waals surface area contributed by atoms with E-state index in [0.29, 0.717) is 30.1 Å². The Morgan fingerprint density at radius 3 is 2.81 bits per heavy atom. The molecule has 3 N–H and O–H groups in total. The Kier molecular flexibility index (Phi) is 4.84. The quantitative estimate of drug-likeness (QED) is 0.823. The van der Waals surface area contributed by atoms with Crippen molar-refractivity contribution < 1.29 is 14.3 Å². The third kappa shape index (κ3) is 3.03. The van der Waals surface area contributed by atoms with E-state index < -0.39 is 0 Å². The van der Waals surface area contributed by atoms with Gasteiger partial charge in [0.1, 0.15) is 5.00 Å². The molecular formula is C14H21N3O3S. The molecule has 0 radical (unpaired) electrons. The maximum absolute atomic E-state index is 12.1. The molecule has 0 spiro atoms. The molecule has 1 saturated heterocycles. The Balaban J connectivity index is 2.44. The fourth-order valence-electron chi connectivity index (χ4n) is 2.41. The highest BCUT2D eigenvalue weighted by Crippen LogP contribution is 2.39. The van der Waals surface area contributed by atoms with Crippen molar-refractivity contribution in [2.75, 3.05) is 37.4 Å². The lowest BCUT2D eigenvalue weighted by Crippen LogP contribution is -2.42. The SMILES string of the molecule is CCC1CN(c2sc(C(C)=O)c(N)c2C(=O)NC)CCO1. The minimum atomic E-state index is -0.259. The first-order chi connectivity index (χ1) is 9.99. The minimum Gasteiger partial charge on any atom is -0.397 e. The van der Waals surface area contributed by atoms with Crippen LogP contribution in [0.5, 0.6) is 0 Å². The third-order valence-electron chi connectivity index (χ3n) is 3.58. The van der Waals surface area contributed by atoms with Crippen LogP contribution < -0.4 is 16.0 Å². The van der Waals surface area contributed by atoms with Crippen molar-refractivity contribution in [2.45, 2.75) is 26.4 Å². The van der Waals surface area contributed by atoms with Crippen LogP contribution in [-0.2, 0) is 4.74 Å². The first-order valence-corrected chi connectivity index (χ1v) is 7.83. The van der Waals surface area contributed by atoms with E-state index in [1.54, 1.807) is 7.05 Å². The number of nitrogens with one attached hydrogen (secondary N) is 1. The smallest absolute Gasteiger partial charge is 0.256 e. The van der Waals surface area contributed by atoms with Crippen LogP contribution >= 0.6 is 11.3 Å². The Bertz CT molecular complexity index is 556. The lowest BCUT2D eigenvalue weighted by molar-refractivity contribution is 0.0386. The van der Waals surface area contributed by atoms with Crippen molar-refractivity contribution in [1.29, 1.82) is 0 Å². The van der Waals surface area contributed by atoms with Gasteiger partial charge in [0.2, 0.25) is 0 Å². The highest BCUT2D eigenvalue weighted by atomic mass is 32.1. The molecule has 0 bridgehead atoms. The van der Waals surface area contributed by atoms with Gasteiger partial charge >= 0.3 is 0 Å². The van der Waals surface area contributed by atoms with Crippen LogP contribution in [0.1, 0.15) is 40.3 Å². The number of nitrogens with zero attached hydrogens (tertiary/aromatic N) is 1. The summed E-state index contributed by atoms with van der Waals surface area (Å²) < 4.78 is 5.65. The van der Waals surface area contributed by atoms with E-state index in [-0.39, 0.29) is 23.5 Å². The standard InChI is InChI=1S/C14H21N3O3S/c1-4-9-7-17(5-6-20-9)14-10(13(19)16-3)11(15)12(21-14)8(2)18/h9H,4-7,15H2,1-3H3,(H,16,19). The van der Waals surface area contributed by atoms with Gasteiger partial charge in [-0.25, -0.2) is 0 Å². The van der Waals surface area contributed by atoms with Crippen LogP contribution in [-0.4, -0.2) is 44.5 Å². The summed E-state index contributed by atoms with van der Waals surface area (Å²) in [5.74, 6) is -0.375. The largest absolute Gasteiger partial charge is 0.397 e. The summed E-state index contributed by atoms with van der Waals surface area (Å²) >= 11 is 1.29. The molecular weight excluding hydrogens is 290 g/mol. The van der Waals surface area contributed by atoms with Crippen molar-refractivity contribution >= 4 is 33.7 Å². The zero-order valence-corrected chi connectivity index (χ0v) is 13.4. The number of hydrogen-bond acceptors (Lipinski definition) is 6. The van der Waals surface area contributed by atoms with Gasteiger partial charge in [-0.15, -0.1) is 11.3 Å². The molecule has 1 aliphatic heterocycles. The van der Waals surface area contributed by atoms with Gasteiger partial charge in [0.05, 0.1) is 28.8 Å². The molecule has 1 aliphatic rings. The number of ether oxygens (including phenoxy) is 1. The summed E-state index contributed by atoms with van der Waals surface area (Å²) in [5, 5.41) is 3.36. The summed E-state index contributed by atoms with van der Waals surface area (Å²) in [7, 11) is 1.56. The molecule has 21 heavy (non-hydrogen) atoms. The van der Waals surface area contributed by atoms with E-state index in [0.717, 1.165) is 11.4 Å². The fraction of sp³-hybridized carbons (Fsp3) is 0.571. The molecule has 0 aliphatic carbocycles. The normalized spacial score (nSPS) is 18.6. The summed E-state index contributed by atoms with van der Waals surface area (Å²) in [4.78, 5) is 26.4. The average molecular weight is 311 g/mol. The van der Waals surface area contributed by atoms with Crippen molar-refractivity contribution in [3.8, 4) is 0 Å². The van der Waals surface area contributed by atoms with Crippen LogP contribution in [0, 0.1) is 0 Å². The molecule has 0 aromatic carbocycles. The third-order valence-corrected chi connectivity index (χ3v) is 4.95. The molecule has 1 unspecified atom stereocenters. The molecule has 7 heteroatoms. The van der Waals surface area contributed by atoms with Crippen LogP contribution in [0.25, 0.3) is 0 Å². The van der Waals surface area contributed by atoms with Crippen LogP contribution in [0.15, 0.2) is 0 Å². The lowest BCUT2D eigenvalue weighted by atomic mass is 10.1. The Morgan fingerprint density at radius 2 is 2.24 bits per heavy atom. The molecule has 1 fully saturated rings. The number of nitrogens with two attached hydrogens (primary N) is 1. The van der Waals surface area contributed by atoms with Gasteiger partial charge in [0.15, 0.2) is 5.78 Å². The number of hydrogen-bond donors (Lipinski definition) is 2. The molecule has 0 saturated carbocycles. The first kappa shape index (κ1) is 15.8. The molecule has 2 rings (SSSR count). The first-order valence-electron chi connectivity index (χ1n) is 7.01. The van der Waals surface area contributed by atoms with Crippen LogP contribution in [0.2, 0.25) is 0 Å². The fourth-order valence-corrected chi connectivity index (χ4v) is 3.56. The zero-order valence-electron chi connectivity index (χ0n) is 12.6. The van der Waals surface area contributed by atoms with Gasteiger partial charge in [-0.05, 0) is 6.42 Å². The number of amides is 1. The second-order valence-electron chi connectivity index (χ2n) is 5.01. The number of ketones is 1. The van der Waals surface area contributed by atoms with E-state index in [1.165, 1.54) is 18.3 Å². The maximum Gasteiger partial charge on any atom is 0.256 e. The van der Waals surface area contributed by atoms with Gasteiger partial charge in [-0.3, -0.25) is 9.59 Å². The molecule has 1 aromatic rings. The molecule has 6 nitrogen and oxygen atoms in total. The summed E-state index contributed by atoms with van der Waals surface area (Å²) in [5.41, 5.74) is 6.71. The number of Topliss-reactive ketones (excluding diaryl/α,β-unsaturated/α-hetero) is 1. The number of carbonyl (C=O) groups is 2. The lowest BCUT2D eigenvalue weighted by Gasteiger charge is -2.33.